The van der Waals surface area contributed by atoms with Crippen LogP contribution in [0, 0.1) is 6.92 Å². The number of aryl methyl sites for hydroxylation is 1. The quantitative estimate of drug-likeness (QED) is 0.797. The molecule has 0 saturated heterocycles. The van der Waals surface area contributed by atoms with Crippen LogP contribution in [0.3, 0.4) is 0 Å². The van der Waals surface area contributed by atoms with Crippen LogP contribution in [0.2, 0.25) is 5.02 Å². The molecule has 0 atom stereocenters. The molecule has 0 fully saturated rings. The molecule has 1 amide bonds. The lowest BCUT2D eigenvalue weighted by Crippen LogP contribution is -2.25. The highest BCUT2D eigenvalue weighted by Gasteiger charge is 2.17. The summed E-state index contributed by atoms with van der Waals surface area (Å²) in [6.45, 7) is 4.69. The van der Waals surface area contributed by atoms with Crippen LogP contribution >= 0.6 is 11.6 Å². The molecule has 1 rings (SSSR count). The van der Waals surface area contributed by atoms with Crippen LogP contribution in [-0.4, -0.2) is 22.2 Å². The summed E-state index contributed by atoms with van der Waals surface area (Å²) < 4.78 is 1.62. The third kappa shape index (κ3) is 3.73. The molecule has 4 nitrogen and oxygen atoms in total. The molecule has 1 heterocycles. The van der Waals surface area contributed by atoms with Crippen molar-refractivity contribution in [1.29, 1.82) is 0 Å². The van der Waals surface area contributed by atoms with Crippen molar-refractivity contribution in [2.45, 2.75) is 39.5 Å². The van der Waals surface area contributed by atoms with Crippen LogP contribution in [0.15, 0.2) is 0 Å². The minimum Gasteiger partial charge on any atom is -0.351 e. The van der Waals surface area contributed by atoms with Gasteiger partial charge in [0.05, 0.1) is 10.7 Å². The van der Waals surface area contributed by atoms with E-state index in [1.54, 1.807) is 11.7 Å². The van der Waals surface area contributed by atoms with Crippen LogP contribution < -0.4 is 5.32 Å². The summed E-state index contributed by atoms with van der Waals surface area (Å²) >= 11 is 6.03. The second-order valence-electron chi connectivity index (χ2n) is 4.19. The highest BCUT2D eigenvalue weighted by Crippen LogP contribution is 2.18. The van der Waals surface area contributed by atoms with Gasteiger partial charge in [-0.15, -0.1) is 0 Å². The molecule has 5 heteroatoms. The van der Waals surface area contributed by atoms with Gasteiger partial charge in [-0.3, -0.25) is 9.48 Å². The van der Waals surface area contributed by atoms with Crippen molar-refractivity contribution in [2.24, 2.45) is 7.05 Å². The largest absolute Gasteiger partial charge is 0.351 e. The van der Waals surface area contributed by atoms with Crippen molar-refractivity contribution in [3.8, 4) is 0 Å². The van der Waals surface area contributed by atoms with Crippen LogP contribution in [0.25, 0.3) is 0 Å². The molecule has 1 aromatic rings. The summed E-state index contributed by atoms with van der Waals surface area (Å²) in [6, 6.07) is 0. The molecular weight excluding hydrogens is 238 g/mol. The Kier molecular flexibility index (Phi) is 5.48. The number of nitrogens with zero attached hydrogens (tertiary/aromatic N) is 2. The first-order valence-electron chi connectivity index (χ1n) is 6.05. The van der Waals surface area contributed by atoms with E-state index in [4.69, 9.17) is 11.6 Å². The maximum atomic E-state index is 11.8. The van der Waals surface area contributed by atoms with Crippen molar-refractivity contribution >= 4 is 17.5 Å². The van der Waals surface area contributed by atoms with Crippen LogP contribution in [0.5, 0.6) is 0 Å². The maximum Gasteiger partial charge on any atom is 0.273 e. The Labute approximate surface area is 107 Å². The zero-order valence-corrected chi connectivity index (χ0v) is 11.5. The van der Waals surface area contributed by atoms with Gasteiger partial charge in [-0.25, -0.2) is 0 Å². The zero-order chi connectivity index (χ0) is 12.8. The number of aromatic nitrogens is 2. The van der Waals surface area contributed by atoms with E-state index >= 15 is 0 Å². The fraction of sp³-hybridized carbons (Fsp3) is 0.667. The van der Waals surface area contributed by atoms with Gasteiger partial charge in [-0.05, 0) is 13.3 Å². The first-order valence-corrected chi connectivity index (χ1v) is 6.43. The Morgan fingerprint density at radius 1 is 1.41 bits per heavy atom. The summed E-state index contributed by atoms with van der Waals surface area (Å²) in [6.07, 6.45) is 4.55. The number of rotatable bonds is 6. The molecule has 0 aliphatic rings. The average Bonchev–Trinajstić information content (AvgIpc) is 2.56. The summed E-state index contributed by atoms with van der Waals surface area (Å²) in [7, 11) is 1.78. The monoisotopic (exact) mass is 257 g/mol. The number of hydrogen-bond acceptors (Lipinski definition) is 2. The van der Waals surface area contributed by atoms with Gasteiger partial charge in [-0.2, -0.15) is 5.10 Å². The van der Waals surface area contributed by atoms with Gasteiger partial charge in [0.15, 0.2) is 5.69 Å². The van der Waals surface area contributed by atoms with E-state index in [9.17, 15) is 4.79 Å². The smallest absolute Gasteiger partial charge is 0.273 e. The summed E-state index contributed by atoms with van der Waals surface area (Å²) in [5.41, 5.74) is 1.13. The Morgan fingerprint density at radius 2 is 2.12 bits per heavy atom. The minimum atomic E-state index is -0.185. The van der Waals surface area contributed by atoms with Crippen LogP contribution in [-0.2, 0) is 7.05 Å². The van der Waals surface area contributed by atoms with Gasteiger partial charge in [0.25, 0.3) is 5.91 Å². The predicted octanol–water partition coefficient (Wildman–Crippen LogP) is 2.69. The Morgan fingerprint density at radius 3 is 2.65 bits per heavy atom. The number of amides is 1. The second kappa shape index (κ2) is 6.64. The van der Waals surface area contributed by atoms with Gasteiger partial charge in [0.1, 0.15) is 0 Å². The van der Waals surface area contributed by atoms with E-state index < -0.39 is 0 Å². The molecule has 1 N–H and O–H groups in total. The molecule has 0 aliphatic heterocycles. The van der Waals surface area contributed by atoms with Gasteiger partial charge in [0.2, 0.25) is 0 Å². The molecule has 1 aromatic heterocycles. The number of nitrogens with one attached hydrogen (secondary N) is 1. The fourth-order valence-electron chi connectivity index (χ4n) is 1.56. The van der Waals surface area contributed by atoms with E-state index in [1.807, 2.05) is 6.92 Å². The lowest BCUT2D eigenvalue weighted by atomic mass is 10.2. The Hall–Kier alpha value is -1.03. The highest BCUT2D eigenvalue weighted by molar-refractivity contribution is 6.34. The van der Waals surface area contributed by atoms with Crippen LogP contribution in [0.4, 0.5) is 0 Å². The molecule has 0 spiro atoms. The number of unbranched alkanes of at least 4 members (excludes halogenated alkanes) is 3. The number of carbonyl (C=O) groups excluding carboxylic acids is 1. The first-order chi connectivity index (χ1) is 8.07. The summed E-state index contributed by atoms with van der Waals surface area (Å²) in [5.74, 6) is -0.185. The van der Waals surface area contributed by atoms with Crippen LogP contribution in [0.1, 0.15) is 48.8 Å². The molecule has 0 aromatic carbocycles. The average molecular weight is 258 g/mol. The second-order valence-corrected chi connectivity index (χ2v) is 4.57. The molecule has 0 saturated carbocycles. The molecule has 0 radical (unpaired) electrons. The third-order valence-electron chi connectivity index (χ3n) is 2.79. The number of hydrogen-bond donors (Lipinski definition) is 1. The molecule has 17 heavy (non-hydrogen) atoms. The van der Waals surface area contributed by atoms with Crippen molar-refractivity contribution in [2.75, 3.05) is 6.54 Å². The molecule has 96 valence electrons. The fourth-order valence-corrected chi connectivity index (χ4v) is 1.81. The molecular formula is C12H20ClN3O. The zero-order valence-electron chi connectivity index (χ0n) is 10.7. The maximum absolute atomic E-state index is 11.8. The van der Waals surface area contributed by atoms with E-state index in [2.05, 4.69) is 17.3 Å². The molecule has 0 aliphatic carbocycles. The van der Waals surface area contributed by atoms with Crippen molar-refractivity contribution in [1.82, 2.24) is 15.1 Å². The third-order valence-corrected chi connectivity index (χ3v) is 3.24. The van der Waals surface area contributed by atoms with E-state index in [0.717, 1.165) is 18.5 Å². The van der Waals surface area contributed by atoms with E-state index in [-0.39, 0.29) is 5.91 Å². The van der Waals surface area contributed by atoms with Gasteiger partial charge < -0.3 is 5.32 Å². The minimum absolute atomic E-state index is 0.185. The van der Waals surface area contributed by atoms with Crippen molar-refractivity contribution in [3.05, 3.63) is 16.4 Å². The SMILES string of the molecule is CCCCCCNC(=O)c1nn(C)c(C)c1Cl. The Bertz CT molecular complexity index is 387. The first kappa shape index (κ1) is 14.0. The van der Waals surface area contributed by atoms with Crippen molar-refractivity contribution in [3.63, 3.8) is 0 Å². The normalized spacial score (nSPS) is 10.6. The van der Waals surface area contributed by atoms with E-state index in [0.29, 0.717) is 17.3 Å². The standard InChI is InChI=1S/C12H20ClN3O/c1-4-5-6-7-8-14-12(17)11-10(13)9(2)16(3)15-11/h4-8H2,1-3H3,(H,14,17). The summed E-state index contributed by atoms with van der Waals surface area (Å²) in [5, 5.41) is 7.38. The van der Waals surface area contributed by atoms with E-state index in [1.165, 1.54) is 12.8 Å². The Balaban J connectivity index is 2.44. The van der Waals surface area contributed by atoms with Gasteiger partial charge >= 0.3 is 0 Å². The lowest BCUT2D eigenvalue weighted by molar-refractivity contribution is 0.0947. The number of carbonyl (C=O) groups is 1. The van der Waals surface area contributed by atoms with Gasteiger partial charge in [-0.1, -0.05) is 37.8 Å². The lowest BCUT2D eigenvalue weighted by Gasteiger charge is -2.02. The topological polar surface area (TPSA) is 46.9 Å². The highest BCUT2D eigenvalue weighted by atomic mass is 35.5. The number of halogens is 1. The van der Waals surface area contributed by atoms with Gasteiger partial charge in [0, 0.05) is 13.6 Å². The summed E-state index contributed by atoms with van der Waals surface area (Å²) in [4.78, 5) is 11.8. The van der Waals surface area contributed by atoms with Crippen molar-refractivity contribution < 1.29 is 4.79 Å². The molecule has 0 unspecified atom stereocenters. The predicted molar refractivity (Wildman–Crippen MR) is 69.4 cm³/mol. The molecule has 0 bridgehead atoms.